The molecule has 3 heterocycles. The van der Waals surface area contributed by atoms with Crippen molar-refractivity contribution < 1.29 is 9.53 Å². The predicted molar refractivity (Wildman–Crippen MR) is 176 cm³/mol. The fourth-order valence-corrected chi connectivity index (χ4v) is 4.67. The molecule has 7 nitrogen and oxygen atoms in total. The minimum absolute atomic E-state index is 0. The van der Waals surface area contributed by atoms with Gasteiger partial charge in [-0.3, -0.25) is 14.8 Å². The van der Waals surface area contributed by atoms with Gasteiger partial charge in [-0.1, -0.05) is 37.3 Å². The Kier molecular flexibility index (Phi) is 18.1. The average molecular weight is 648 g/mol. The van der Waals surface area contributed by atoms with Gasteiger partial charge in [-0.25, -0.2) is 9.78 Å². The first-order valence-corrected chi connectivity index (χ1v) is 13.3. The van der Waals surface area contributed by atoms with E-state index < -0.39 is 0 Å². The molecule has 0 amide bonds. The summed E-state index contributed by atoms with van der Waals surface area (Å²) in [5, 5.41) is 0. The molecule has 0 spiro atoms. The van der Waals surface area contributed by atoms with E-state index in [9.17, 15) is 4.79 Å². The number of rotatable bonds is 10. The maximum absolute atomic E-state index is 12.5. The fourth-order valence-electron chi connectivity index (χ4n) is 4.67. The minimum atomic E-state index is -0.308. The highest BCUT2D eigenvalue weighted by Crippen LogP contribution is 2.21. The summed E-state index contributed by atoms with van der Waals surface area (Å²) in [6, 6.07) is 18.8. The van der Waals surface area contributed by atoms with E-state index in [-0.39, 0.29) is 61.7 Å². The number of esters is 1. The monoisotopic (exact) mass is 645 g/mol. The highest BCUT2D eigenvalue weighted by molar-refractivity contribution is 5.94. The molecular formula is C30H43Cl4N5O2. The van der Waals surface area contributed by atoms with E-state index in [1.807, 2.05) is 26.8 Å². The number of ether oxygens (including phenoxy) is 1. The summed E-state index contributed by atoms with van der Waals surface area (Å²) < 4.78 is 5.42. The lowest BCUT2D eigenvalue weighted by molar-refractivity contribution is 0.0378. The number of carbonyl (C=O) groups is 1. The van der Waals surface area contributed by atoms with Crippen LogP contribution in [0.15, 0.2) is 60.8 Å². The first kappa shape index (κ1) is 38.9. The van der Waals surface area contributed by atoms with E-state index in [1.54, 1.807) is 18.3 Å². The zero-order chi connectivity index (χ0) is 26.2. The lowest BCUT2D eigenvalue weighted by Gasteiger charge is -2.36. The van der Waals surface area contributed by atoms with E-state index in [0.717, 1.165) is 69.6 Å². The Bertz CT molecular complexity index is 1180. The largest absolute Gasteiger partial charge is 0.459 e. The third-order valence-electron chi connectivity index (χ3n) is 6.64. The van der Waals surface area contributed by atoms with Crippen LogP contribution in [0.3, 0.4) is 0 Å². The SMILES string of the molecule is CCN(Cc1ccc(CN2CCN(c3ncccc3C(=O)OC(C)C)CC2)cc1)Cc1cccc(C)n1.Cl.Cl.Cl.Cl. The average Bonchev–Trinajstić information content (AvgIpc) is 2.89. The summed E-state index contributed by atoms with van der Waals surface area (Å²) >= 11 is 0. The Morgan fingerprint density at radius 3 is 2.17 bits per heavy atom. The second-order valence-corrected chi connectivity index (χ2v) is 9.98. The van der Waals surface area contributed by atoms with Crippen LogP contribution in [0.1, 0.15) is 53.6 Å². The number of nitrogens with zero attached hydrogens (tertiary/aromatic N) is 5. The Hall–Kier alpha value is -2.13. The molecule has 1 fully saturated rings. The summed E-state index contributed by atoms with van der Waals surface area (Å²) in [5.74, 6) is 0.413. The van der Waals surface area contributed by atoms with Crippen LogP contribution in [0.2, 0.25) is 0 Å². The number of carbonyl (C=O) groups excluding carboxylic acids is 1. The molecule has 4 rings (SSSR count). The van der Waals surface area contributed by atoms with E-state index in [2.05, 4.69) is 68.0 Å². The molecule has 0 aliphatic carbocycles. The van der Waals surface area contributed by atoms with Crippen LogP contribution in [-0.4, -0.2) is 64.6 Å². The summed E-state index contributed by atoms with van der Waals surface area (Å²) in [4.78, 5) is 28.8. The number of halogens is 4. The second kappa shape index (κ2) is 19.1. The molecule has 1 saturated heterocycles. The number of hydrogen-bond acceptors (Lipinski definition) is 7. The molecule has 3 aromatic rings. The number of hydrogen-bond donors (Lipinski definition) is 0. The lowest BCUT2D eigenvalue weighted by Crippen LogP contribution is -2.46. The Morgan fingerprint density at radius 2 is 1.56 bits per heavy atom. The van der Waals surface area contributed by atoms with Crippen LogP contribution in [-0.2, 0) is 24.4 Å². The van der Waals surface area contributed by atoms with Crippen LogP contribution in [0.4, 0.5) is 5.82 Å². The maximum atomic E-state index is 12.5. The van der Waals surface area contributed by atoms with Crippen LogP contribution >= 0.6 is 49.6 Å². The van der Waals surface area contributed by atoms with Gasteiger partial charge in [-0.05, 0) is 62.7 Å². The van der Waals surface area contributed by atoms with Crippen molar-refractivity contribution in [3.05, 3.63) is 88.9 Å². The first-order valence-electron chi connectivity index (χ1n) is 13.3. The van der Waals surface area contributed by atoms with Gasteiger partial charge in [0.15, 0.2) is 0 Å². The highest BCUT2D eigenvalue weighted by Gasteiger charge is 2.23. The molecule has 228 valence electrons. The molecule has 0 saturated carbocycles. The Labute approximate surface area is 269 Å². The molecule has 0 atom stereocenters. The van der Waals surface area contributed by atoms with Gasteiger partial charge in [0.1, 0.15) is 11.4 Å². The molecule has 41 heavy (non-hydrogen) atoms. The molecule has 11 heteroatoms. The molecule has 0 bridgehead atoms. The van der Waals surface area contributed by atoms with Crippen molar-refractivity contribution in [3.63, 3.8) is 0 Å². The minimum Gasteiger partial charge on any atom is -0.459 e. The number of pyridine rings is 2. The maximum Gasteiger partial charge on any atom is 0.342 e. The second-order valence-electron chi connectivity index (χ2n) is 9.98. The molecule has 1 aliphatic rings. The van der Waals surface area contributed by atoms with Crippen molar-refractivity contribution in [2.24, 2.45) is 0 Å². The zero-order valence-electron chi connectivity index (χ0n) is 24.2. The third kappa shape index (κ3) is 11.6. The molecule has 0 unspecified atom stereocenters. The van der Waals surface area contributed by atoms with Crippen molar-refractivity contribution >= 4 is 61.4 Å². The Balaban J connectivity index is 0.00000400. The van der Waals surface area contributed by atoms with Crippen molar-refractivity contribution in [2.75, 3.05) is 37.6 Å². The molecule has 1 aromatic carbocycles. The summed E-state index contributed by atoms with van der Waals surface area (Å²) in [5.41, 5.74) is 5.36. The van der Waals surface area contributed by atoms with Crippen LogP contribution in [0, 0.1) is 6.92 Å². The fraction of sp³-hybridized carbons (Fsp3) is 0.433. The number of aryl methyl sites for hydroxylation is 1. The quantitative estimate of drug-likeness (QED) is 0.237. The lowest BCUT2D eigenvalue weighted by atomic mass is 10.1. The van der Waals surface area contributed by atoms with Crippen molar-refractivity contribution in [1.29, 1.82) is 0 Å². The van der Waals surface area contributed by atoms with Gasteiger partial charge in [-0.2, -0.15) is 0 Å². The van der Waals surface area contributed by atoms with Crippen LogP contribution in [0.5, 0.6) is 0 Å². The number of anilines is 1. The summed E-state index contributed by atoms with van der Waals surface area (Å²) in [6.45, 7) is 15.1. The number of piperazine rings is 1. The van der Waals surface area contributed by atoms with E-state index in [0.29, 0.717) is 5.56 Å². The predicted octanol–water partition coefficient (Wildman–Crippen LogP) is 6.38. The van der Waals surface area contributed by atoms with Crippen molar-refractivity contribution in [1.82, 2.24) is 19.8 Å². The molecular weight excluding hydrogens is 604 g/mol. The third-order valence-corrected chi connectivity index (χ3v) is 6.64. The van der Waals surface area contributed by atoms with Gasteiger partial charge < -0.3 is 9.64 Å². The highest BCUT2D eigenvalue weighted by atomic mass is 35.5. The van der Waals surface area contributed by atoms with Gasteiger partial charge in [0.2, 0.25) is 0 Å². The molecule has 1 aliphatic heterocycles. The van der Waals surface area contributed by atoms with Gasteiger partial charge in [0, 0.05) is 57.7 Å². The molecule has 2 aromatic heterocycles. The van der Waals surface area contributed by atoms with E-state index in [1.165, 1.54) is 11.1 Å². The van der Waals surface area contributed by atoms with Crippen LogP contribution < -0.4 is 4.90 Å². The topological polar surface area (TPSA) is 61.8 Å². The first-order chi connectivity index (χ1) is 17.9. The molecule has 0 N–H and O–H groups in total. The van der Waals surface area contributed by atoms with Gasteiger partial charge in [-0.15, -0.1) is 49.6 Å². The van der Waals surface area contributed by atoms with Gasteiger partial charge in [0.05, 0.1) is 11.8 Å². The number of aromatic nitrogens is 2. The summed E-state index contributed by atoms with van der Waals surface area (Å²) in [6.07, 6.45) is 1.59. The number of benzene rings is 1. The van der Waals surface area contributed by atoms with Crippen LogP contribution in [0.25, 0.3) is 0 Å². The van der Waals surface area contributed by atoms with E-state index in [4.69, 9.17) is 4.74 Å². The van der Waals surface area contributed by atoms with Crippen molar-refractivity contribution in [2.45, 2.75) is 53.4 Å². The van der Waals surface area contributed by atoms with Crippen molar-refractivity contribution in [3.8, 4) is 0 Å². The Morgan fingerprint density at radius 1 is 0.902 bits per heavy atom. The zero-order valence-corrected chi connectivity index (χ0v) is 27.5. The van der Waals surface area contributed by atoms with Gasteiger partial charge >= 0.3 is 5.97 Å². The van der Waals surface area contributed by atoms with Gasteiger partial charge in [0.25, 0.3) is 0 Å². The normalized spacial score (nSPS) is 13.0. The smallest absolute Gasteiger partial charge is 0.342 e. The standard InChI is InChI=1S/C30H39N5O2.4ClH/c1-5-33(22-27-9-6-8-24(4)32-27)20-25-11-13-26(14-12-25)21-34-16-18-35(19-17-34)29-28(10-7-15-31-29)30(36)37-23(2)3;;;;/h6-15,23H,5,16-22H2,1-4H3;4*1H. The van der Waals surface area contributed by atoms with E-state index >= 15 is 0 Å². The summed E-state index contributed by atoms with van der Waals surface area (Å²) in [7, 11) is 0. The molecule has 0 radical (unpaired) electrons.